The topological polar surface area (TPSA) is 12.5 Å². The molecule has 0 bridgehead atoms. The van der Waals surface area contributed by atoms with Gasteiger partial charge in [-0.3, -0.25) is 4.90 Å². The normalized spacial score (nSPS) is 20.5. The van der Waals surface area contributed by atoms with Crippen LogP contribution in [0.2, 0.25) is 0 Å². The third-order valence-electron chi connectivity index (χ3n) is 4.82. The van der Waals surface area contributed by atoms with Crippen LogP contribution in [0.15, 0.2) is 54.6 Å². The van der Waals surface area contributed by atoms with Gasteiger partial charge in [0.15, 0.2) is 0 Å². The second kappa shape index (κ2) is 6.97. The van der Waals surface area contributed by atoms with Crippen LogP contribution in [0.25, 0.3) is 0 Å². The molecule has 2 heteroatoms. The van der Waals surface area contributed by atoms with Gasteiger partial charge < -0.3 is 4.74 Å². The maximum absolute atomic E-state index is 5.29. The van der Waals surface area contributed by atoms with Crippen LogP contribution in [0.3, 0.4) is 0 Å². The maximum Gasteiger partial charge on any atom is 0.118 e. The predicted molar refractivity (Wildman–Crippen MR) is 91.1 cm³/mol. The number of likely N-dealkylation sites (tertiary alicyclic amines) is 1. The highest BCUT2D eigenvalue weighted by Gasteiger charge is 2.28. The Balaban J connectivity index is 1.84. The van der Waals surface area contributed by atoms with Crippen molar-refractivity contribution < 1.29 is 4.74 Å². The third kappa shape index (κ3) is 3.17. The average molecular weight is 295 g/mol. The van der Waals surface area contributed by atoms with Crippen LogP contribution < -0.4 is 4.74 Å². The lowest BCUT2D eigenvalue weighted by Gasteiger charge is -2.40. The Morgan fingerprint density at radius 1 is 1.00 bits per heavy atom. The number of piperidine rings is 1. The molecule has 2 atom stereocenters. The van der Waals surface area contributed by atoms with E-state index in [1.165, 1.54) is 36.9 Å². The van der Waals surface area contributed by atoms with Crippen molar-refractivity contribution in [1.29, 1.82) is 0 Å². The molecule has 0 aromatic heterocycles. The number of hydrogen-bond donors (Lipinski definition) is 0. The van der Waals surface area contributed by atoms with Gasteiger partial charge in [-0.05, 0) is 49.6 Å². The summed E-state index contributed by atoms with van der Waals surface area (Å²) in [4.78, 5) is 2.65. The summed E-state index contributed by atoms with van der Waals surface area (Å²) in [6.45, 7) is 3.50. The lowest BCUT2D eigenvalue weighted by atomic mass is 9.92. The van der Waals surface area contributed by atoms with Gasteiger partial charge in [0.25, 0.3) is 0 Å². The Morgan fingerprint density at radius 3 is 2.41 bits per heavy atom. The molecule has 0 N–H and O–H groups in total. The van der Waals surface area contributed by atoms with Crippen LogP contribution in [-0.2, 0) is 0 Å². The van der Waals surface area contributed by atoms with E-state index in [2.05, 4.69) is 66.4 Å². The molecule has 1 aliphatic rings. The van der Waals surface area contributed by atoms with Gasteiger partial charge in [0.05, 0.1) is 7.11 Å². The molecule has 0 radical (unpaired) electrons. The van der Waals surface area contributed by atoms with Crippen molar-refractivity contribution in [2.75, 3.05) is 13.7 Å². The number of nitrogens with zero attached hydrogens (tertiary/aromatic N) is 1. The third-order valence-corrected chi connectivity index (χ3v) is 4.82. The lowest BCUT2D eigenvalue weighted by Crippen LogP contribution is -2.35. The van der Waals surface area contributed by atoms with E-state index < -0.39 is 0 Å². The molecule has 1 saturated heterocycles. The molecule has 1 fully saturated rings. The first-order valence-electron chi connectivity index (χ1n) is 8.24. The van der Waals surface area contributed by atoms with Gasteiger partial charge >= 0.3 is 0 Å². The lowest BCUT2D eigenvalue weighted by molar-refractivity contribution is 0.103. The largest absolute Gasteiger partial charge is 0.497 e. The zero-order valence-electron chi connectivity index (χ0n) is 13.5. The molecule has 0 aliphatic carbocycles. The Hall–Kier alpha value is -1.80. The van der Waals surface area contributed by atoms with Gasteiger partial charge in [-0.1, -0.05) is 48.9 Å². The summed E-state index contributed by atoms with van der Waals surface area (Å²) in [5, 5.41) is 0. The summed E-state index contributed by atoms with van der Waals surface area (Å²) in [5.74, 6) is 0.933. The fourth-order valence-corrected chi connectivity index (χ4v) is 3.52. The highest BCUT2D eigenvalue weighted by molar-refractivity contribution is 5.30. The first-order chi connectivity index (χ1) is 10.8. The molecule has 2 aromatic carbocycles. The Labute approximate surface area is 133 Å². The molecule has 2 aromatic rings. The van der Waals surface area contributed by atoms with Crippen LogP contribution in [0.5, 0.6) is 5.75 Å². The van der Waals surface area contributed by atoms with Crippen LogP contribution in [0.4, 0.5) is 0 Å². The van der Waals surface area contributed by atoms with Crippen LogP contribution in [0.1, 0.15) is 49.4 Å². The molecule has 0 saturated carbocycles. The van der Waals surface area contributed by atoms with E-state index in [4.69, 9.17) is 4.74 Å². The first-order valence-corrected chi connectivity index (χ1v) is 8.24. The zero-order chi connectivity index (χ0) is 15.4. The molecule has 2 nitrogen and oxygen atoms in total. The molecule has 116 valence electrons. The van der Waals surface area contributed by atoms with E-state index in [1.807, 2.05) is 0 Å². The minimum atomic E-state index is 0.452. The van der Waals surface area contributed by atoms with Crippen molar-refractivity contribution in [1.82, 2.24) is 4.90 Å². The number of hydrogen-bond acceptors (Lipinski definition) is 2. The van der Waals surface area contributed by atoms with E-state index in [-0.39, 0.29) is 0 Å². The first kappa shape index (κ1) is 15.1. The summed E-state index contributed by atoms with van der Waals surface area (Å²) in [6.07, 6.45) is 3.85. The molecular weight excluding hydrogens is 270 g/mol. The van der Waals surface area contributed by atoms with E-state index in [0.29, 0.717) is 12.1 Å². The SMILES string of the molecule is COc1ccc(C2CCCCN2C(C)c2ccccc2)cc1. The zero-order valence-corrected chi connectivity index (χ0v) is 13.5. The quantitative estimate of drug-likeness (QED) is 0.788. The minimum Gasteiger partial charge on any atom is -0.497 e. The second-order valence-corrected chi connectivity index (χ2v) is 6.11. The van der Waals surface area contributed by atoms with Gasteiger partial charge in [0.1, 0.15) is 5.75 Å². The van der Waals surface area contributed by atoms with Gasteiger partial charge in [-0.25, -0.2) is 0 Å². The average Bonchev–Trinajstić information content (AvgIpc) is 2.62. The summed E-state index contributed by atoms with van der Waals surface area (Å²) in [6, 6.07) is 20.4. The molecule has 0 amide bonds. The molecular formula is C20H25NO. The molecule has 0 spiro atoms. The molecule has 3 rings (SSSR count). The van der Waals surface area contributed by atoms with Crippen molar-refractivity contribution >= 4 is 0 Å². The summed E-state index contributed by atoms with van der Waals surface area (Å²) < 4.78 is 5.29. The van der Waals surface area contributed by atoms with Crippen molar-refractivity contribution in [2.45, 2.75) is 38.3 Å². The van der Waals surface area contributed by atoms with Crippen molar-refractivity contribution in [3.63, 3.8) is 0 Å². The van der Waals surface area contributed by atoms with Crippen molar-refractivity contribution in [3.8, 4) is 5.75 Å². The number of rotatable bonds is 4. The van der Waals surface area contributed by atoms with Crippen LogP contribution in [0, 0.1) is 0 Å². The molecule has 22 heavy (non-hydrogen) atoms. The standard InChI is InChI=1S/C20H25NO/c1-16(17-8-4-3-5-9-17)21-15-7-6-10-20(21)18-11-13-19(22-2)14-12-18/h3-5,8-9,11-14,16,20H,6-7,10,15H2,1-2H3. The van der Waals surface area contributed by atoms with Gasteiger partial charge in [-0.15, -0.1) is 0 Å². The van der Waals surface area contributed by atoms with E-state index >= 15 is 0 Å². The van der Waals surface area contributed by atoms with Gasteiger partial charge in [-0.2, -0.15) is 0 Å². The highest BCUT2D eigenvalue weighted by atomic mass is 16.5. The smallest absolute Gasteiger partial charge is 0.118 e. The highest BCUT2D eigenvalue weighted by Crippen LogP contribution is 2.37. The summed E-state index contributed by atoms with van der Waals surface area (Å²) in [7, 11) is 1.72. The number of benzene rings is 2. The summed E-state index contributed by atoms with van der Waals surface area (Å²) >= 11 is 0. The molecule has 2 unspecified atom stereocenters. The monoisotopic (exact) mass is 295 g/mol. The van der Waals surface area contributed by atoms with Crippen LogP contribution in [-0.4, -0.2) is 18.6 Å². The number of ether oxygens (including phenoxy) is 1. The van der Waals surface area contributed by atoms with Gasteiger partial charge in [0.2, 0.25) is 0 Å². The summed E-state index contributed by atoms with van der Waals surface area (Å²) in [5.41, 5.74) is 2.81. The Bertz CT molecular complexity index is 578. The fraction of sp³-hybridized carbons (Fsp3) is 0.400. The maximum atomic E-state index is 5.29. The predicted octanol–water partition coefficient (Wildman–Crippen LogP) is 4.98. The van der Waals surface area contributed by atoms with Crippen molar-refractivity contribution in [2.24, 2.45) is 0 Å². The number of methoxy groups -OCH3 is 1. The molecule has 1 heterocycles. The van der Waals surface area contributed by atoms with E-state index in [0.717, 1.165) is 5.75 Å². The van der Waals surface area contributed by atoms with E-state index in [1.54, 1.807) is 7.11 Å². The second-order valence-electron chi connectivity index (χ2n) is 6.11. The Kier molecular flexibility index (Phi) is 4.79. The van der Waals surface area contributed by atoms with Gasteiger partial charge in [0, 0.05) is 12.1 Å². The minimum absolute atomic E-state index is 0.452. The fourth-order valence-electron chi connectivity index (χ4n) is 3.52. The Morgan fingerprint density at radius 2 is 1.73 bits per heavy atom. The van der Waals surface area contributed by atoms with Crippen LogP contribution >= 0.6 is 0 Å². The van der Waals surface area contributed by atoms with E-state index in [9.17, 15) is 0 Å². The molecule has 1 aliphatic heterocycles. The van der Waals surface area contributed by atoms with Crippen molar-refractivity contribution in [3.05, 3.63) is 65.7 Å².